The lowest BCUT2D eigenvalue weighted by molar-refractivity contribution is -0.141. The zero-order chi connectivity index (χ0) is 20.9. The van der Waals surface area contributed by atoms with Gasteiger partial charge in [0, 0.05) is 36.7 Å². The minimum Gasteiger partial charge on any atom is -0.497 e. The number of ketones is 1. The van der Waals surface area contributed by atoms with Crippen LogP contribution in [0.4, 0.5) is 4.79 Å². The average Bonchev–Trinajstić information content (AvgIpc) is 2.74. The van der Waals surface area contributed by atoms with Crippen LogP contribution < -0.4 is 14.8 Å². The van der Waals surface area contributed by atoms with E-state index in [0.717, 1.165) is 5.56 Å². The van der Waals surface area contributed by atoms with Crippen LogP contribution in [0.1, 0.15) is 39.2 Å². The third-order valence-electron chi connectivity index (χ3n) is 4.24. The highest BCUT2D eigenvalue weighted by atomic mass is 16.6. The van der Waals surface area contributed by atoms with E-state index in [4.69, 9.17) is 14.2 Å². The van der Waals surface area contributed by atoms with Gasteiger partial charge in [0.25, 0.3) is 5.91 Å². The molecule has 1 saturated heterocycles. The van der Waals surface area contributed by atoms with Gasteiger partial charge in [-0.15, -0.1) is 0 Å². The second-order valence-corrected chi connectivity index (χ2v) is 7.70. The molecule has 1 fully saturated rings. The summed E-state index contributed by atoms with van der Waals surface area (Å²) in [5.41, 5.74) is 0.259. The maximum absolute atomic E-state index is 12.9. The van der Waals surface area contributed by atoms with Crippen molar-refractivity contribution in [2.45, 2.75) is 51.8 Å². The molecular formula is C20H28N2O6. The van der Waals surface area contributed by atoms with Gasteiger partial charge in [0.15, 0.2) is 6.10 Å². The maximum Gasteiger partial charge on any atom is 0.408 e. The van der Waals surface area contributed by atoms with Crippen LogP contribution in [0.3, 0.4) is 0 Å². The first-order chi connectivity index (χ1) is 13.1. The van der Waals surface area contributed by atoms with Gasteiger partial charge in [-0.2, -0.15) is 0 Å². The van der Waals surface area contributed by atoms with Gasteiger partial charge in [-0.1, -0.05) is 0 Å². The second kappa shape index (κ2) is 8.95. The van der Waals surface area contributed by atoms with Gasteiger partial charge in [0.2, 0.25) is 0 Å². The van der Waals surface area contributed by atoms with Gasteiger partial charge < -0.3 is 24.4 Å². The molecule has 0 saturated carbocycles. The van der Waals surface area contributed by atoms with Gasteiger partial charge in [-0.25, -0.2) is 4.79 Å². The smallest absolute Gasteiger partial charge is 0.408 e. The Morgan fingerprint density at radius 1 is 1.21 bits per heavy atom. The molecule has 1 atom stereocenters. The quantitative estimate of drug-likeness (QED) is 0.826. The van der Waals surface area contributed by atoms with E-state index in [1.54, 1.807) is 46.1 Å². The van der Waals surface area contributed by atoms with E-state index in [0.29, 0.717) is 11.5 Å². The van der Waals surface area contributed by atoms with Crippen molar-refractivity contribution in [3.63, 3.8) is 0 Å². The number of Topliss-reactive ketones (excluding diaryl/α,β-unsaturated/α-hetero) is 1. The summed E-state index contributed by atoms with van der Waals surface area (Å²) >= 11 is 0. The number of methoxy groups -OCH3 is 2. The van der Waals surface area contributed by atoms with Crippen LogP contribution in [0.15, 0.2) is 18.2 Å². The Morgan fingerprint density at radius 2 is 1.93 bits per heavy atom. The summed E-state index contributed by atoms with van der Waals surface area (Å²) in [5, 5.41) is 2.64. The third-order valence-corrected chi connectivity index (χ3v) is 4.24. The number of nitrogens with one attached hydrogen (secondary N) is 1. The van der Waals surface area contributed by atoms with Gasteiger partial charge in [-0.05, 0) is 32.9 Å². The molecule has 0 radical (unpaired) electrons. The van der Waals surface area contributed by atoms with Crippen molar-refractivity contribution in [2.75, 3.05) is 20.8 Å². The highest BCUT2D eigenvalue weighted by Gasteiger charge is 2.34. The predicted octanol–water partition coefficient (Wildman–Crippen LogP) is 2.29. The summed E-state index contributed by atoms with van der Waals surface area (Å²) in [5.74, 6) is 0.697. The van der Waals surface area contributed by atoms with E-state index < -0.39 is 23.6 Å². The van der Waals surface area contributed by atoms with Gasteiger partial charge in [0.1, 0.15) is 17.3 Å². The van der Waals surface area contributed by atoms with Crippen molar-refractivity contribution < 1.29 is 28.6 Å². The molecule has 1 unspecified atom stereocenters. The summed E-state index contributed by atoms with van der Waals surface area (Å²) in [7, 11) is 3.09. The summed E-state index contributed by atoms with van der Waals surface area (Å²) in [6.07, 6.45) is -1.76. The number of benzene rings is 1. The Hall–Kier alpha value is -2.77. The number of nitrogens with zero attached hydrogens (tertiary/aromatic N) is 1. The highest BCUT2D eigenvalue weighted by Crippen LogP contribution is 2.27. The van der Waals surface area contributed by atoms with Crippen molar-refractivity contribution in [3.05, 3.63) is 23.8 Å². The molecule has 1 heterocycles. The zero-order valence-electron chi connectivity index (χ0n) is 17.0. The first-order valence-corrected chi connectivity index (χ1v) is 9.13. The van der Waals surface area contributed by atoms with Gasteiger partial charge in [-0.3, -0.25) is 9.59 Å². The molecule has 1 aromatic carbocycles. The molecule has 2 rings (SSSR count). The number of hydrogen-bond donors (Lipinski definition) is 1. The molecule has 0 spiro atoms. The molecule has 154 valence electrons. The lowest BCUT2D eigenvalue weighted by atomic mass is 10.1. The highest BCUT2D eigenvalue weighted by molar-refractivity contribution is 5.92. The Kier molecular flexibility index (Phi) is 6.88. The standard InChI is InChI=1S/C20H28N2O6/c1-20(2,3)21-19(25)28-17-10-14(23)8-9-22(18(17)24)12-13-6-7-15(26-4)11-16(13)27-5/h6-7,11,17H,8-10,12H2,1-5H3,(H,21,25). The monoisotopic (exact) mass is 392 g/mol. The average molecular weight is 392 g/mol. The predicted molar refractivity (Wildman–Crippen MR) is 102 cm³/mol. The van der Waals surface area contributed by atoms with Crippen molar-refractivity contribution in [1.82, 2.24) is 10.2 Å². The van der Waals surface area contributed by atoms with Crippen LogP contribution in [-0.4, -0.2) is 55.1 Å². The fourth-order valence-corrected chi connectivity index (χ4v) is 2.87. The molecule has 28 heavy (non-hydrogen) atoms. The van der Waals surface area contributed by atoms with E-state index in [-0.39, 0.29) is 31.7 Å². The van der Waals surface area contributed by atoms with Crippen LogP contribution in [0.5, 0.6) is 11.5 Å². The molecule has 1 aliphatic heterocycles. The number of carbonyl (C=O) groups is 3. The topological polar surface area (TPSA) is 94.2 Å². The molecule has 1 N–H and O–H groups in total. The molecule has 0 aliphatic carbocycles. The summed E-state index contributed by atoms with van der Waals surface area (Å²) < 4.78 is 15.8. The van der Waals surface area contributed by atoms with Crippen LogP contribution in [0, 0.1) is 0 Å². The Balaban J connectivity index is 2.17. The van der Waals surface area contributed by atoms with Crippen LogP contribution in [0.2, 0.25) is 0 Å². The lowest BCUT2D eigenvalue weighted by Crippen LogP contribution is -2.46. The minimum absolute atomic E-state index is 0.118. The summed E-state index contributed by atoms with van der Waals surface area (Å²) in [6, 6.07) is 5.31. The van der Waals surface area contributed by atoms with Gasteiger partial charge in [0.05, 0.1) is 20.6 Å². The molecule has 1 aromatic rings. The number of hydrogen-bond acceptors (Lipinski definition) is 6. The first kappa shape index (κ1) is 21.5. The van der Waals surface area contributed by atoms with Crippen LogP contribution in [0.25, 0.3) is 0 Å². The lowest BCUT2D eigenvalue weighted by Gasteiger charge is -2.26. The number of ether oxygens (including phenoxy) is 3. The number of rotatable bonds is 5. The number of carbonyl (C=O) groups excluding carboxylic acids is 3. The van der Waals surface area contributed by atoms with E-state index in [1.807, 2.05) is 0 Å². The van der Waals surface area contributed by atoms with Crippen molar-refractivity contribution in [2.24, 2.45) is 0 Å². The van der Waals surface area contributed by atoms with E-state index in [1.165, 1.54) is 12.0 Å². The van der Waals surface area contributed by atoms with Crippen LogP contribution in [-0.2, 0) is 20.9 Å². The maximum atomic E-state index is 12.9. The zero-order valence-corrected chi connectivity index (χ0v) is 17.0. The third kappa shape index (κ3) is 5.87. The molecule has 0 aromatic heterocycles. The van der Waals surface area contributed by atoms with E-state index in [9.17, 15) is 14.4 Å². The number of alkyl carbamates (subject to hydrolysis) is 1. The number of amides is 2. The van der Waals surface area contributed by atoms with Gasteiger partial charge >= 0.3 is 6.09 Å². The van der Waals surface area contributed by atoms with Crippen molar-refractivity contribution in [3.8, 4) is 11.5 Å². The summed E-state index contributed by atoms with van der Waals surface area (Å²) in [4.78, 5) is 38.6. The second-order valence-electron chi connectivity index (χ2n) is 7.70. The summed E-state index contributed by atoms with van der Waals surface area (Å²) in [6.45, 7) is 5.90. The van der Waals surface area contributed by atoms with E-state index in [2.05, 4.69) is 5.32 Å². The van der Waals surface area contributed by atoms with Crippen LogP contribution >= 0.6 is 0 Å². The molecular weight excluding hydrogens is 364 g/mol. The van der Waals surface area contributed by atoms with E-state index >= 15 is 0 Å². The molecule has 2 amide bonds. The fraction of sp³-hybridized carbons (Fsp3) is 0.550. The van der Waals surface area contributed by atoms with Crippen molar-refractivity contribution >= 4 is 17.8 Å². The molecule has 1 aliphatic rings. The largest absolute Gasteiger partial charge is 0.497 e. The first-order valence-electron chi connectivity index (χ1n) is 9.13. The Bertz CT molecular complexity index is 741. The molecule has 8 heteroatoms. The molecule has 8 nitrogen and oxygen atoms in total. The normalized spacial score (nSPS) is 17.8. The Labute approximate surface area is 165 Å². The Morgan fingerprint density at radius 3 is 2.54 bits per heavy atom. The number of likely N-dealkylation sites (tertiary alicyclic amines) is 1. The van der Waals surface area contributed by atoms with Crippen molar-refractivity contribution in [1.29, 1.82) is 0 Å². The fourth-order valence-electron chi connectivity index (χ4n) is 2.87. The molecule has 0 bridgehead atoms. The minimum atomic E-state index is -1.14. The SMILES string of the molecule is COc1ccc(CN2CCC(=O)CC(OC(=O)NC(C)(C)C)C2=O)c(OC)c1.